The topological polar surface area (TPSA) is 55.8 Å². The van der Waals surface area contributed by atoms with E-state index < -0.39 is 5.97 Å². The van der Waals surface area contributed by atoms with Crippen LogP contribution in [0.3, 0.4) is 0 Å². The van der Waals surface area contributed by atoms with Crippen molar-refractivity contribution in [3.63, 3.8) is 0 Å². The van der Waals surface area contributed by atoms with E-state index in [1.54, 1.807) is 7.11 Å². The van der Waals surface area contributed by atoms with Crippen molar-refractivity contribution < 1.29 is 19.4 Å². The number of benzene rings is 1. The average molecular weight is 248 g/mol. The Morgan fingerprint density at radius 2 is 2.17 bits per heavy atom. The van der Waals surface area contributed by atoms with Crippen LogP contribution in [0.25, 0.3) is 0 Å². The zero-order valence-electron chi connectivity index (χ0n) is 10.3. The second kappa shape index (κ2) is 3.99. The van der Waals surface area contributed by atoms with Crippen molar-refractivity contribution in [2.45, 2.75) is 11.8 Å². The van der Waals surface area contributed by atoms with E-state index in [-0.39, 0.29) is 17.3 Å². The number of rotatable bonds is 4. The minimum atomic E-state index is -0.693. The van der Waals surface area contributed by atoms with Crippen molar-refractivity contribution in [1.29, 1.82) is 0 Å². The van der Waals surface area contributed by atoms with Gasteiger partial charge in [0.15, 0.2) is 0 Å². The number of hydrogen-bond donors (Lipinski definition) is 1. The number of carboxylic acid groups (broad SMARTS) is 1. The first-order valence-corrected chi connectivity index (χ1v) is 6.13. The lowest BCUT2D eigenvalue weighted by atomic mass is 9.73. The van der Waals surface area contributed by atoms with Gasteiger partial charge in [-0.3, -0.25) is 4.79 Å². The highest BCUT2D eigenvalue weighted by Crippen LogP contribution is 2.57. The van der Waals surface area contributed by atoms with E-state index in [9.17, 15) is 4.79 Å². The quantitative estimate of drug-likeness (QED) is 0.880. The zero-order valence-corrected chi connectivity index (χ0v) is 10.3. The van der Waals surface area contributed by atoms with Crippen LogP contribution in [0, 0.1) is 11.8 Å². The van der Waals surface area contributed by atoms with Crippen molar-refractivity contribution >= 4 is 5.97 Å². The van der Waals surface area contributed by atoms with Crippen LogP contribution in [0.2, 0.25) is 0 Å². The molecule has 1 saturated carbocycles. The van der Waals surface area contributed by atoms with Gasteiger partial charge in [-0.25, -0.2) is 0 Å². The number of hydrogen-bond acceptors (Lipinski definition) is 3. The monoisotopic (exact) mass is 248 g/mol. The fourth-order valence-electron chi connectivity index (χ4n) is 3.03. The molecular weight excluding hydrogens is 232 g/mol. The van der Waals surface area contributed by atoms with Gasteiger partial charge in [-0.2, -0.15) is 0 Å². The lowest BCUT2D eigenvalue weighted by Crippen LogP contribution is -2.49. The third-order valence-electron chi connectivity index (χ3n) is 4.18. The van der Waals surface area contributed by atoms with Crippen LogP contribution in [0.1, 0.15) is 12.0 Å². The standard InChI is InChI=1S/C14H16O4/c1-17-12-5-3-2-4-10(12)14(7-18-8-14)11-6-9(11)13(15)16/h2-5,9,11H,6-8H2,1H3,(H,15,16). The molecule has 0 amide bonds. The molecule has 1 aromatic rings. The van der Waals surface area contributed by atoms with Crippen molar-refractivity contribution in [1.82, 2.24) is 0 Å². The van der Waals surface area contributed by atoms with Crippen LogP contribution in [0.5, 0.6) is 5.75 Å². The third-order valence-corrected chi connectivity index (χ3v) is 4.18. The largest absolute Gasteiger partial charge is 0.496 e. The van der Waals surface area contributed by atoms with Gasteiger partial charge in [-0.15, -0.1) is 0 Å². The Bertz CT molecular complexity index is 478. The summed E-state index contributed by atoms with van der Waals surface area (Å²) in [4.78, 5) is 11.1. The van der Waals surface area contributed by atoms with Gasteiger partial charge in [-0.05, 0) is 18.4 Å². The predicted octanol–water partition coefficient (Wildman–Crippen LogP) is 1.68. The third kappa shape index (κ3) is 1.52. The number of carbonyl (C=O) groups is 1. The molecule has 4 nitrogen and oxygen atoms in total. The summed E-state index contributed by atoms with van der Waals surface area (Å²) in [7, 11) is 1.65. The molecule has 2 unspecified atom stereocenters. The summed E-state index contributed by atoms with van der Waals surface area (Å²) in [5.41, 5.74) is 0.933. The highest BCUT2D eigenvalue weighted by Gasteiger charge is 2.61. The second-order valence-electron chi connectivity index (χ2n) is 5.14. The molecule has 2 atom stereocenters. The van der Waals surface area contributed by atoms with Crippen LogP contribution < -0.4 is 4.74 Å². The van der Waals surface area contributed by atoms with Gasteiger partial charge in [0.1, 0.15) is 5.75 Å². The van der Waals surface area contributed by atoms with Crippen molar-refractivity contribution in [2.24, 2.45) is 11.8 Å². The maximum absolute atomic E-state index is 11.1. The molecule has 2 fully saturated rings. The molecule has 96 valence electrons. The molecule has 1 saturated heterocycles. The molecule has 0 radical (unpaired) electrons. The lowest BCUT2D eigenvalue weighted by Gasteiger charge is -2.43. The number of carboxylic acids is 1. The molecule has 0 spiro atoms. The van der Waals surface area contributed by atoms with Crippen LogP contribution in [-0.2, 0) is 14.9 Å². The molecule has 3 rings (SSSR count). The van der Waals surface area contributed by atoms with E-state index in [1.165, 1.54) is 0 Å². The smallest absolute Gasteiger partial charge is 0.306 e. The van der Waals surface area contributed by atoms with Gasteiger partial charge in [0.2, 0.25) is 0 Å². The lowest BCUT2D eigenvalue weighted by molar-refractivity contribution is -0.140. The molecule has 1 aliphatic heterocycles. The maximum Gasteiger partial charge on any atom is 0.306 e. The summed E-state index contributed by atoms with van der Waals surface area (Å²) >= 11 is 0. The first-order valence-electron chi connectivity index (χ1n) is 6.13. The zero-order chi connectivity index (χ0) is 12.8. The van der Waals surface area contributed by atoms with Crippen LogP contribution in [-0.4, -0.2) is 31.4 Å². The first-order chi connectivity index (χ1) is 8.69. The molecule has 4 heteroatoms. The molecule has 0 aromatic heterocycles. The van der Waals surface area contributed by atoms with Crippen molar-refractivity contribution in [2.75, 3.05) is 20.3 Å². The van der Waals surface area contributed by atoms with Gasteiger partial charge in [0, 0.05) is 11.0 Å². The van der Waals surface area contributed by atoms with Gasteiger partial charge in [0.25, 0.3) is 0 Å². The summed E-state index contributed by atoms with van der Waals surface area (Å²) in [5.74, 6) is 0.0943. The Morgan fingerprint density at radius 3 is 2.67 bits per heavy atom. The molecule has 1 N–H and O–H groups in total. The SMILES string of the molecule is COc1ccccc1C1(C2CC2C(=O)O)COC1. The highest BCUT2D eigenvalue weighted by atomic mass is 16.5. The number of aliphatic carboxylic acids is 1. The maximum atomic E-state index is 11.1. The fraction of sp³-hybridized carbons (Fsp3) is 0.500. The Labute approximate surface area is 106 Å². The number of para-hydroxylation sites is 1. The predicted molar refractivity (Wildman–Crippen MR) is 64.7 cm³/mol. The Morgan fingerprint density at radius 1 is 1.44 bits per heavy atom. The van der Waals surface area contributed by atoms with Crippen molar-refractivity contribution in [3.05, 3.63) is 29.8 Å². The summed E-state index contributed by atoms with van der Waals surface area (Å²) in [6, 6.07) is 7.85. The van der Waals surface area contributed by atoms with Crippen molar-refractivity contribution in [3.8, 4) is 5.75 Å². The summed E-state index contributed by atoms with van der Waals surface area (Å²) in [5, 5.41) is 9.11. The van der Waals surface area contributed by atoms with Crippen LogP contribution in [0.4, 0.5) is 0 Å². The molecule has 1 aliphatic carbocycles. The summed E-state index contributed by atoms with van der Waals surface area (Å²) < 4.78 is 10.8. The van der Waals surface area contributed by atoms with E-state index in [1.807, 2.05) is 24.3 Å². The van der Waals surface area contributed by atoms with E-state index in [4.69, 9.17) is 14.6 Å². The minimum absolute atomic E-state index is 0.157. The van der Waals surface area contributed by atoms with Gasteiger partial charge in [-0.1, -0.05) is 18.2 Å². The molecule has 1 heterocycles. The van der Waals surface area contributed by atoms with Gasteiger partial charge >= 0.3 is 5.97 Å². The molecular formula is C14H16O4. The Hall–Kier alpha value is -1.55. The van der Waals surface area contributed by atoms with E-state index >= 15 is 0 Å². The number of ether oxygens (including phenoxy) is 2. The van der Waals surface area contributed by atoms with E-state index in [0.29, 0.717) is 13.2 Å². The van der Waals surface area contributed by atoms with Crippen LogP contribution >= 0.6 is 0 Å². The number of methoxy groups -OCH3 is 1. The normalized spacial score (nSPS) is 28.3. The summed E-state index contributed by atoms with van der Waals surface area (Å²) in [6.07, 6.45) is 0.747. The summed E-state index contributed by atoms with van der Waals surface area (Å²) in [6.45, 7) is 1.20. The van der Waals surface area contributed by atoms with Crippen LogP contribution in [0.15, 0.2) is 24.3 Å². The molecule has 1 aromatic carbocycles. The molecule has 0 bridgehead atoms. The minimum Gasteiger partial charge on any atom is -0.496 e. The first kappa shape index (κ1) is 11.5. The molecule has 18 heavy (non-hydrogen) atoms. The Kier molecular flexibility index (Phi) is 2.55. The Balaban J connectivity index is 1.95. The average Bonchev–Trinajstić information content (AvgIpc) is 3.09. The highest BCUT2D eigenvalue weighted by molar-refractivity contribution is 5.74. The van der Waals surface area contributed by atoms with E-state index in [0.717, 1.165) is 17.7 Å². The van der Waals surface area contributed by atoms with E-state index in [2.05, 4.69) is 0 Å². The second-order valence-corrected chi connectivity index (χ2v) is 5.14. The van der Waals surface area contributed by atoms with Gasteiger partial charge in [0.05, 0.1) is 26.2 Å². The molecule has 2 aliphatic rings. The fourth-order valence-corrected chi connectivity index (χ4v) is 3.03. The van der Waals surface area contributed by atoms with Gasteiger partial charge < -0.3 is 14.6 Å².